The molecular formula is C22H18N2O4S2. The van der Waals surface area contributed by atoms with Gasteiger partial charge in [0.15, 0.2) is 0 Å². The minimum absolute atomic E-state index is 0.221. The predicted octanol–water partition coefficient (Wildman–Crippen LogP) is 4.03. The molecule has 0 radical (unpaired) electrons. The third-order valence-electron chi connectivity index (χ3n) is 5.72. The summed E-state index contributed by atoms with van der Waals surface area (Å²) >= 11 is 2.40. The lowest BCUT2D eigenvalue weighted by atomic mass is 9.81. The topological polar surface area (TPSA) is 76.0 Å². The van der Waals surface area contributed by atoms with Gasteiger partial charge in [0.2, 0.25) is 11.8 Å². The Labute approximate surface area is 182 Å². The number of carbonyl (C=O) groups excluding carboxylic acids is 3. The average Bonchev–Trinajstić information content (AvgIpc) is 3.24. The van der Waals surface area contributed by atoms with E-state index in [2.05, 4.69) is 4.99 Å². The van der Waals surface area contributed by atoms with Crippen LogP contribution in [-0.2, 0) is 9.59 Å². The molecule has 2 aromatic rings. The van der Waals surface area contributed by atoms with Crippen LogP contribution in [0.15, 0.2) is 53.5 Å². The molecule has 0 bridgehead atoms. The van der Waals surface area contributed by atoms with Crippen LogP contribution in [0.4, 0.5) is 10.5 Å². The van der Waals surface area contributed by atoms with Gasteiger partial charge < -0.3 is 4.74 Å². The molecule has 6 nitrogen and oxygen atoms in total. The molecule has 2 saturated heterocycles. The summed E-state index contributed by atoms with van der Waals surface area (Å²) < 4.78 is 5.25. The Hall–Kier alpha value is -2.58. The molecule has 152 valence electrons. The highest BCUT2D eigenvalue weighted by atomic mass is 32.2. The number of benzene rings is 2. The van der Waals surface area contributed by atoms with Gasteiger partial charge in [-0.25, -0.2) is 9.89 Å². The maximum Gasteiger partial charge on any atom is 0.306 e. The van der Waals surface area contributed by atoms with Crippen molar-refractivity contribution in [1.82, 2.24) is 0 Å². The Bertz CT molecular complexity index is 1080. The van der Waals surface area contributed by atoms with E-state index in [9.17, 15) is 14.4 Å². The van der Waals surface area contributed by atoms with Crippen LogP contribution in [0.5, 0.6) is 5.75 Å². The first-order chi connectivity index (χ1) is 14.5. The molecule has 3 aliphatic rings. The molecule has 30 heavy (non-hydrogen) atoms. The van der Waals surface area contributed by atoms with Crippen molar-refractivity contribution in [2.24, 2.45) is 10.9 Å². The normalized spacial score (nSPS) is 27.7. The largest absolute Gasteiger partial charge is 0.497 e. The summed E-state index contributed by atoms with van der Waals surface area (Å²) in [5.41, 5.74) is 2.53. The number of aryl methyl sites for hydroxylation is 1. The number of methoxy groups -OCH3 is 1. The van der Waals surface area contributed by atoms with Crippen LogP contribution in [-0.4, -0.2) is 39.7 Å². The monoisotopic (exact) mass is 438 g/mol. The zero-order valence-electron chi connectivity index (χ0n) is 16.3. The van der Waals surface area contributed by atoms with Gasteiger partial charge >= 0.3 is 5.24 Å². The molecule has 4 unspecified atom stereocenters. The molecule has 3 aliphatic heterocycles. The first kappa shape index (κ1) is 19.4. The number of hydrogen-bond acceptors (Lipinski definition) is 6. The van der Waals surface area contributed by atoms with Gasteiger partial charge in [0, 0.05) is 5.92 Å². The minimum Gasteiger partial charge on any atom is -0.497 e. The zero-order chi connectivity index (χ0) is 21.0. The molecule has 3 amide bonds. The van der Waals surface area contributed by atoms with Gasteiger partial charge in [-0.3, -0.25) is 14.4 Å². The number of thioether (sulfide) groups is 2. The Balaban J connectivity index is 1.59. The summed E-state index contributed by atoms with van der Waals surface area (Å²) in [7, 11) is 1.59. The Morgan fingerprint density at radius 1 is 0.867 bits per heavy atom. The van der Waals surface area contributed by atoms with E-state index in [4.69, 9.17) is 4.74 Å². The summed E-state index contributed by atoms with van der Waals surface area (Å²) in [5.74, 6) is -0.632. The van der Waals surface area contributed by atoms with Crippen LogP contribution in [0, 0.1) is 12.8 Å². The standard InChI is InChI=1S/C22H18N2O4S2/c1-11-3-7-13(8-4-11)24-20(25)16-15(12-5-9-14(28-2)10-6-12)17-19(23-22(27)30-17)29-18(16)21(24)26/h3-10,15-18H,1-2H3. The van der Waals surface area contributed by atoms with Crippen LogP contribution in [0.2, 0.25) is 0 Å². The van der Waals surface area contributed by atoms with Gasteiger partial charge in [-0.05, 0) is 36.8 Å². The van der Waals surface area contributed by atoms with Crippen molar-refractivity contribution in [2.45, 2.75) is 23.3 Å². The number of carbonyl (C=O) groups is 3. The van der Waals surface area contributed by atoms with Gasteiger partial charge in [-0.15, -0.1) is 0 Å². The van der Waals surface area contributed by atoms with E-state index in [-0.39, 0.29) is 28.2 Å². The van der Waals surface area contributed by atoms with Crippen LogP contribution in [0.1, 0.15) is 17.0 Å². The molecule has 3 heterocycles. The molecule has 0 N–H and O–H groups in total. The third-order valence-corrected chi connectivity index (χ3v) is 8.27. The SMILES string of the molecule is COc1ccc(C2C3SC(=O)N=C3SC3C(=O)N(c4ccc(C)cc4)C(=O)C32)cc1. The molecule has 5 rings (SSSR count). The van der Waals surface area contributed by atoms with E-state index in [1.54, 1.807) is 19.2 Å². The lowest BCUT2D eigenvalue weighted by Gasteiger charge is -2.35. The number of nitrogens with zero attached hydrogens (tertiary/aromatic N) is 2. The second kappa shape index (κ2) is 7.28. The summed E-state index contributed by atoms with van der Waals surface area (Å²) in [6, 6.07) is 14.9. The van der Waals surface area contributed by atoms with Crippen LogP contribution >= 0.6 is 23.5 Å². The number of anilines is 1. The fourth-order valence-corrected chi connectivity index (χ4v) is 6.95. The van der Waals surface area contributed by atoms with E-state index in [1.165, 1.54) is 16.7 Å². The average molecular weight is 439 g/mol. The van der Waals surface area contributed by atoms with E-state index < -0.39 is 11.2 Å². The van der Waals surface area contributed by atoms with Crippen molar-refractivity contribution in [3.8, 4) is 5.75 Å². The maximum absolute atomic E-state index is 13.5. The fourth-order valence-electron chi connectivity index (χ4n) is 4.27. The van der Waals surface area contributed by atoms with Crippen LogP contribution in [0.25, 0.3) is 0 Å². The van der Waals surface area contributed by atoms with Crippen molar-refractivity contribution < 1.29 is 19.1 Å². The number of fused-ring (bicyclic) bond motifs is 2. The van der Waals surface area contributed by atoms with Gasteiger partial charge in [0.1, 0.15) is 11.0 Å². The van der Waals surface area contributed by atoms with Gasteiger partial charge in [-0.2, -0.15) is 0 Å². The number of amides is 3. The second-order valence-corrected chi connectivity index (χ2v) is 9.72. The fraction of sp³-hybridized carbons (Fsp3) is 0.273. The van der Waals surface area contributed by atoms with Gasteiger partial charge in [-0.1, -0.05) is 53.4 Å². The van der Waals surface area contributed by atoms with Crippen molar-refractivity contribution in [2.75, 3.05) is 12.0 Å². The molecule has 2 fully saturated rings. The number of hydrogen-bond donors (Lipinski definition) is 0. The summed E-state index contributed by atoms with van der Waals surface area (Å²) in [6.07, 6.45) is 0. The van der Waals surface area contributed by atoms with Crippen molar-refractivity contribution in [3.05, 3.63) is 59.7 Å². The molecule has 0 aliphatic carbocycles. The molecule has 0 saturated carbocycles. The Morgan fingerprint density at radius 2 is 1.57 bits per heavy atom. The number of imide groups is 1. The molecular weight excluding hydrogens is 420 g/mol. The number of aliphatic imine (C=N–C) groups is 1. The molecule has 0 aromatic heterocycles. The summed E-state index contributed by atoms with van der Waals surface area (Å²) in [6.45, 7) is 1.96. The molecule has 2 aromatic carbocycles. The number of ether oxygens (including phenoxy) is 1. The third kappa shape index (κ3) is 2.97. The quantitative estimate of drug-likeness (QED) is 0.674. The van der Waals surface area contributed by atoms with Crippen LogP contribution in [0.3, 0.4) is 0 Å². The predicted molar refractivity (Wildman–Crippen MR) is 118 cm³/mol. The highest BCUT2D eigenvalue weighted by Gasteiger charge is 2.59. The lowest BCUT2D eigenvalue weighted by molar-refractivity contribution is -0.122. The Kier molecular flexibility index (Phi) is 4.71. The highest BCUT2D eigenvalue weighted by molar-refractivity contribution is 8.22. The maximum atomic E-state index is 13.5. The minimum atomic E-state index is -0.590. The summed E-state index contributed by atoms with van der Waals surface area (Å²) in [4.78, 5) is 44.3. The zero-order valence-corrected chi connectivity index (χ0v) is 17.9. The van der Waals surface area contributed by atoms with E-state index in [0.29, 0.717) is 16.5 Å². The lowest BCUT2D eigenvalue weighted by Crippen LogP contribution is -2.41. The first-order valence-electron chi connectivity index (χ1n) is 9.52. The van der Waals surface area contributed by atoms with Gasteiger partial charge in [0.25, 0.3) is 0 Å². The van der Waals surface area contributed by atoms with Crippen molar-refractivity contribution in [1.29, 1.82) is 0 Å². The van der Waals surface area contributed by atoms with Gasteiger partial charge in [0.05, 0.1) is 29.0 Å². The highest BCUT2D eigenvalue weighted by Crippen LogP contribution is 2.54. The van der Waals surface area contributed by atoms with E-state index in [1.807, 2.05) is 43.3 Å². The summed E-state index contributed by atoms with van der Waals surface area (Å²) in [5, 5.41) is -0.477. The second-order valence-electron chi connectivity index (χ2n) is 7.47. The van der Waals surface area contributed by atoms with Crippen molar-refractivity contribution in [3.63, 3.8) is 0 Å². The molecule has 4 atom stereocenters. The Morgan fingerprint density at radius 3 is 2.23 bits per heavy atom. The molecule has 8 heteroatoms. The van der Waals surface area contributed by atoms with Crippen molar-refractivity contribution >= 4 is 51.3 Å². The first-order valence-corrected chi connectivity index (χ1v) is 11.3. The van der Waals surface area contributed by atoms with Crippen LogP contribution < -0.4 is 9.64 Å². The molecule has 0 spiro atoms. The van der Waals surface area contributed by atoms with E-state index in [0.717, 1.165) is 22.9 Å². The van der Waals surface area contributed by atoms with E-state index >= 15 is 0 Å². The number of rotatable bonds is 3. The smallest absolute Gasteiger partial charge is 0.306 e.